The molecule has 2 aromatic rings. The van der Waals surface area contributed by atoms with Crippen LogP contribution in [-0.2, 0) is 20.4 Å². The van der Waals surface area contributed by atoms with Gasteiger partial charge in [0.25, 0.3) is 0 Å². The zero-order chi connectivity index (χ0) is 28.9. The van der Waals surface area contributed by atoms with Crippen molar-refractivity contribution in [2.45, 2.75) is 110 Å². The average Bonchev–Trinajstić information content (AvgIpc) is 3.26. The van der Waals surface area contributed by atoms with E-state index in [4.69, 9.17) is 21.8 Å². The Balaban J connectivity index is 0.00000800. The minimum Gasteiger partial charge on any atom is -0.777 e. The van der Waals surface area contributed by atoms with Gasteiger partial charge in [0, 0.05) is 6.85 Å². The lowest BCUT2D eigenvalue weighted by atomic mass is 10.0. The number of ether oxygens (including phenoxy) is 1. The molecule has 0 saturated heterocycles. The van der Waals surface area contributed by atoms with Gasteiger partial charge in [0.2, 0.25) is 0 Å². The molecule has 202 valence electrons. The van der Waals surface area contributed by atoms with Crippen molar-refractivity contribution < 1.29 is 25.6 Å². The van der Waals surface area contributed by atoms with E-state index in [0.29, 0.717) is 30.6 Å². The van der Waals surface area contributed by atoms with Gasteiger partial charge in [-0.1, -0.05) is 83.9 Å². The van der Waals surface area contributed by atoms with Crippen molar-refractivity contribution in [3.05, 3.63) is 12.7 Å². The summed E-state index contributed by atoms with van der Waals surface area (Å²) >= 11 is 0. The Kier molecular flexibility index (Phi) is 12.1. The molecule has 1 unspecified atom stereocenters. The summed E-state index contributed by atoms with van der Waals surface area (Å²) in [4.78, 5) is 24.4. The van der Waals surface area contributed by atoms with Crippen molar-refractivity contribution >= 4 is 24.6 Å². The number of imidazole rings is 1. The van der Waals surface area contributed by atoms with E-state index >= 15 is 0 Å². The van der Waals surface area contributed by atoms with Gasteiger partial charge in [-0.15, -0.1) is 0 Å². The Labute approximate surface area is 217 Å². The van der Waals surface area contributed by atoms with Crippen molar-refractivity contribution in [1.82, 2.24) is 25.7 Å². The molecule has 0 radical (unpaired) electrons. The maximum Gasteiger partial charge on any atom is 0.165 e. The summed E-state index contributed by atoms with van der Waals surface area (Å²) in [6.45, 7) is -0.272. The van der Waals surface area contributed by atoms with Gasteiger partial charge in [-0.05, 0) is 13.3 Å². The maximum atomic E-state index is 12.2. The first-order valence-electron chi connectivity index (χ1n) is 14.8. The highest BCUT2D eigenvalue weighted by atomic mass is 31.2. The fraction of sp³-hybridized carbons (Fsp3) is 0.792. The number of rotatable bonds is 20. The zero-order valence-corrected chi connectivity index (χ0v) is 22.2. The van der Waals surface area contributed by atoms with Crippen LogP contribution >= 0.6 is 7.60 Å². The number of hydrogen-bond donors (Lipinski definition) is 2. The molecule has 0 saturated carbocycles. The Morgan fingerprint density at radius 1 is 1.06 bits per heavy atom. The number of fused-ring (bicyclic) bond motifs is 1. The molecule has 11 heteroatoms. The zero-order valence-electron chi connectivity index (χ0n) is 26.3. The number of hydrogen-bond acceptors (Lipinski definition) is 8. The fourth-order valence-electron chi connectivity index (χ4n) is 3.73. The van der Waals surface area contributed by atoms with Crippen LogP contribution in [0.1, 0.15) is 104 Å². The molecule has 0 spiro atoms. The number of unbranched alkanes of at least 4 members (excludes halogenated alkanes) is 10. The van der Waals surface area contributed by atoms with E-state index in [-0.39, 0.29) is 25.0 Å². The number of quaternary nitrogens is 1. The third-order valence-corrected chi connectivity index (χ3v) is 6.68. The lowest BCUT2D eigenvalue weighted by Crippen LogP contribution is -2.20. The molecule has 10 nitrogen and oxygen atoms in total. The minimum atomic E-state index is -4.08. The summed E-state index contributed by atoms with van der Waals surface area (Å²) < 4.78 is 61.4. The quantitative estimate of drug-likeness (QED) is 0.163. The van der Waals surface area contributed by atoms with Crippen LogP contribution in [0.25, 0.3) is 11.2 Å². The first-order valence-corrected chi connectivity index (χ1v) is 14.0. The SMILES string of the molecule is [2H]C([2H])([2H])C([2H])([2H])CCCCCCCCCCCCCOP(=O)([O-])CO[C@H](C)Cn1cnc2c(N)ncnc21.[NH4+]. The molecule has 0 aliphatic heterocycles. The van der Waals surface area contributed by atoms with Gasteiger partial charge in [-0.25, -0.2) is 15.0 Å². The molecule has 6 N–H and O–H groups in total. The second kappa shape index (κ2) is 17.8. The second-order valence-corrected chi connectivity index (χ2v) is 10.4. The van der Waals surface area contributed by atoms with Crippen LogP contribution in [0.2, 0.25) is 0 Å². The van der Waals surface area contributed by atoms with Gasteiger partial charge in [0.1, 0.15) is 18.2 Å². The predicted octanol–water partition coefficient (Wildman–Crippen LogP) is 5.81. The van der Waals surface area contributed by atoms with Crippen LogP contribution in [0.4, 0.5) is 5.82 Å². The monoisotopic (exact) mass is 519 g/mol. The summed E-state index contributed by atoms with van der Waals surface area (Å²) in [5, 5.41) is 0. The van der Waals surface area contributed by atoms with E-state index in [0.717, 1.165) is 57.8 Å². The standard InChI is InChI=1S/C24H44N5O4P.H3N/c1-3-4-5-6-7-8-9-10-11-12-13-14-15-16-33-34(30,31)20-32-21(2)17-29-19-28-22-23(25)26-18-27-24(22)29;/h18-19,21H,3-17,20H2,1-2H3,(H,30,31)(H2,25,26,27);1H3/t21-;/m1./s1/i1D3,3D2;. The third-order valence-electron chi connectivity index (χ3n) is 5.63. The molecule has 0 aliphatic carbocycles. The highest BCUT2D eigenvalue weighted by Crippen LogP contribution is 2.37. The summed E-state index contributed by atoms with van der Waals surface area (Å²) in [6, 6.07) is 0. The van der Waals surface area contributed by atoms with Crippen molar-refractivity contribution in [2.24, 2.45) is 0 Å². The molecular formula is C24H47N6O4P. The van der Waals surface area contributed by atoms with Crippen LogP contribution in [-0.4, -0.2) is 38.6 Å². The van der Waals surface area contributed by atoms with Gasteiger partial charge in [0.05, 0.1) is 25.6 Å². The van der Waals surface area contributed by atoms with E-state index in [1.54, 1.807) is 17.8 Å². The number of nitrogens with zero attached hydrogens (tertiary/aromatic N) is 4. The second-order valence-electron chi connectivity index (χ2n) is 8.69. The maximum absolute atomic E-state index is 12.2. The van der Waals surface area contributed by atoms with Crippen molar-refractivity contribution in [3.63, 3.8) is 0 Å². The van der Waals surface area contributed by atoms with E-state index in [9.17, 15) is 9.46 Å². The van der Waals surface area contributed by atoms with Gasteiger partial charge < -0.3 is 35.2 Å². The molecule has 0 fully saturated rings. The Bertz CT molecular complexity index is 1040. The molecule has 2 heterocycles. The van der Waals surface area contributed by atoms with Crippen LogP contribution in [0, 0.1) is 0 Å². The Morgan fingerprint density at radius 2 is 1.66 bits per heavy atom. The molecule has 0 aromatic carbocycles. The normalized spacial score (nSPS) is 16.9. The average molecular weight is 520 g/mol. The largest absolute Gasteiger partial charge is 0.777 e. The predicted molar refractivity (Wildman–Crippen MR) is 140 cm³/mol. The summed E-state index contributed by atoms with van der Waals surface area (Å²) in [7, 11) is -4.08. The van der Waals surface area contributed by atoms with Gasteiger partial charge in [-0.3, -0.25) is 0 Å². The van der Waals surface area contributed by atoms with Crippen LogP contribution < -0.4 is 16.8 Å². The molecule has 2 rings (SSSR count). The number of anilines is 1. The first kappa shape index (κ1) is 23.8. The van der Waals surface area contributed by atoms with E-state index in [2.05, 4.69) is 15.0 Å². The smallest absolute Gasteiger partial charge is 0.165 e. The fourth-order valence-corrected chi connectivity index (χ4v) is 4.65. The Hall–Kier alpha value is -1.58. The number of aromatic nitrogens is 4. The highest BCUT2D eigenvalue weighted by Gasteiger charge is 2.14. The molecular weight excluding hydrogens is 467 g/mol. The number of nitrogens with two attached hydrogens (primary N) is 1. The first-order chi connectivity index (χ1) is 18.3. The molecule has 2 aromatic heterocycles. The molecule has 0 bridgehead atoms. The van der Waals surface area contributed by atoms with E-state index < -0.39 is 33.3 Å². The van der Waals surface area contributed by atoms with Crippen molar-refractivity contribution in [2.75, 3.05) is 18.7 Å². The lowest BCUT2D eigenvalue weighted by Gasteiger charge is -2.25. The van der Waals surface area contributed by atoms with Crippen LogP contribution in [0.5, 0.6) is 0 Å². The molecule has 0 amide bonds. The van der Waals surface area contributed by atoms with Crippen LogP contribution in [0.3, 0.4) is 0 Å². The van der Waals surface area contributed by atoms with Crippen molar-refractivity contribution in [3.8, 4) is 0 Å². The highest BCUT2D eigenvalue weighted by molar-refractivity contribution is 7.51. The molecule has 2 atom stereocenters. The Morgan fingerprint density at radius 3 is 2.29 bits per heavy atom. The van der Waals surface area contributed by atoms with Crippen molar-refractivity contribution in [1.29, 1.82) is 0 Å². The van der Waals surface area contributed by atoms with E-state index in [1.165, 1.54) is 6.33 Å². The van der Waals surface area contributed by atoms with Crippen LogP contribution in [0.15, 0.2) is 12.7 Å². The molecule has 0 aliphatic rings. The minimum absolute atomic E-state index is 0. The van der Waals surface area contributed by atoms with E-state index in [1.807, 2.05) is 0 Å². The van der Waals surface area contributed by atoms with Gasteiger partial charge in [0.15, 0.2) is 19.1 Å². The third kappa shape index (κ3) is 12.8. The topological polar surface area (TPSA) is 165 Å². The summed E-state index contributed by atoms with van der Waals surface area (Å²) in [6.07, 6.45) is 10.6. The summed E-state index contributed by atoms with van der Waals surface area (Å²) in [5.74, 6) is 0.284. The molecule has 35 heavy (non-hydrogen) atoms. The summed E-state index contributed by atoms with van der Waals surface area (Å²) in [5.41, 5.74) is 6.84. The lowest BCUT2D eigenvalue weighted by molar-refractivity contribution is -0.205. The van der Waals surface area contributed by atoms with Gasteiger partial charge in [-0.2, -0.15) is 0 Å². The van der Waals surface area contributed by atoms with Gasteiger partial charge >= 0.3 is 0 Å². The number of nitrogen functional groups attached to an aromatic ring is 1.